The van der Waals surface area contributed by atoms with E-state index >= 15 is 0 Å². The average molecular weight is 412 g/mol. The van der Waals surface area contributed by atoms with Crippen LogP contribution in [-0.2, 0) is 4.79 Å². The molecule has 4 rings (SSSR count). The third-order valence-electron chi connectivity index (χ3n) is 5.65. The summed E-state index contributed by atoms with van der Waals surface area (Å²) < 4.78 is 41.3. The van der Waals surface area contributed by atoms with E-state index in [4.69, 9.17) is 0 Å². The Labute approximate surface area is 163 Å². The normalized spacial score (nSPS) is 24.5. The van der Waals surface area contributed by atoms with Gasteiger partial charge in [0.2, 0.25) is 0 Å². The Hall–Kier alpha value is -2.82. The van der Waals surface area contributed by atoms with Crippen molar-refractivity contribution in [1.82, 2.24) is 20.2 Å². The summed E-state index contributed by atoms with van der Waals surface area (Å²) in [5, 5.41) is 7.16. The highest BCUT2D eigenvalue weighted by Crippen LogP contribution is 2.34. The lowest BCUT2D eigenvalue weighted by Crippen LogP contribution is -2.48. The minimum Gasteiger partial charge on any atom is -0.406 e. The number of piperidine rings is 1. The van der Waals surface area contributed by atoms with Crippen molar-refractivity contribution in [3.05, 3.63) is 23.9 Å². The van der Waals surface area contributed by atoms with Crippen LogP contribution in [-0.4, -0.2) is 58.8 Å². The highest BCUT2D eigenvalue weighted by atomic mass is 19.4. The zero-order valence-electron chi connectivity index (χ0n) is 15.5. The zero-order chi connectivity index (χ0) is 20.8. The predicted molar refractivity (Wildman–Crippen MR) is 94.1 cm³/mol. The molecule has 1 amide bonds. The van der Waals surface area contributed by atoms with Gasteiger partial charge in [0.25, 0.3) is 5.91 Å². The number of nitrogens with zero attached hydrogens (tertiary/aromatic N) is 3. The molecule has 156 valence electrons. The number of aromatic nitrogens is 2. The molecule has 2 aliphatic rings. The monoisotopic (exact) mass is 412 g/mol. The molecular formula is C18H19F3N4O4. The second-order valence-electron chi connectivity index (χ2n) is 7.34. The number of alkyl halides is 3. The number of amides is 1. The molecule has 1 aromatic carbocycles. The van der Waals surface area contributed by atoms with Crippen LogP contribution >= 0.6 is 0 Å². The molecule has 2 aromatic rings. The fourth-order valence-corrected chi connectivity index (χ4v) is 4.34. The SMILES string of the molecule is CN1C2CCC1CC(NC(=O)c1nn(OC=O)c3cc(OC(F)(F)F)ccc13)C2. The van der Waals surface area contributed by atoms with E-state index in [1.165, 1.54) is 6.07 Å². The van der Waals surface area contributed by atoms with Gasteiger partial charge in [-0.3, -0.25) is 9.59 Å². The van der Waals surface area contributed by atoms with Gasteiger partial charge in [0, 0.05) is 29.6 Å². The standard InChI is InChI=1S/C18H19F3N4O4/c1-24-11-2-3-12(24)7-10(6-11)22-17(27)16-14-5-4-13(29-18(19,20)21)8-15(14)25(23-16)28-9-26/h4-5,8-12H,2-3,6-7H2,1H3,(H,22,27). The Morgan fingerprint density at radius 2 is 1.97 bits per heavy atom. The topological polar surface area (TPSA) is 85.7 Å². The quantitative estimate of drug-likeness (QED) is 0.755. The van der Waals surface area contributed by atoms with Crippen molar-refractivity contribution in [3.63, 3.8) is 0 Å². The summed E-state index contributed by atoms with van der Waals surface area (Å²) >= 11 is 0. The van der Waals surface area contributed by atoms with Gasteiger partial charge >= 0.3 is 12.8 Å². The number of benzene rings is 1. The molecule has 2 bridgehead atoms. The Kier molecular flexibility index (Phi) is 4.85. The lowest BCUT2D eigenvalue weighted by molar-refractivity contribution is -0.274. The lowest BCUT2D eigenvalue weighted by atomic mass is 9.98. The first-order chi connectivity index (χ1) is 13.7. The summed E-state index contributed by atoms with van der Waals surface area (Å²) in [5.41, 5.74) is -0.0286. The van der Waals surface area contributed by atoms with E-state index in [9.17, 15) is 22.8 Å². The molecule has 8 nitrogen and oxygen atoms in total. The minimum absolute atomic E-state index is 0.00690. The van der Waals surface area contributed by atoms with Crippen molar-refractivity contribution in [2.24, 2.45) is 0 Å². The number of carbonyl (C=O) groups excluding carboxylic acids is 2. The molecule has 2 fully saturated rings. The fraction of sp³-hybridized carbons (Fsp3) is 0.500. The van der Waals surface area contributed by atoms with Gasteiger partial charge in [0.15, 0.2) is 5.69 Å². The Morgan fingerprint density at radius 3 is 2.59 bits per heavy atom. The van der Waals surface area contributed by atoms with E-state index in [0.717, 1.165) is 37.8 Å². The number of rotatable bonds is 5. The predicted octanol–water partition coefficient (Wildman–Crippen LogP) is 1.87. The molecule has 1 aromatic heterocycles. The molecule has 3 heterocycles. The molecule has 11 heteroatoms. The Balaban J connectivity index is 1.59. The van der Waals surface area contributed by atoms with Gasteiger partial charge < -0.3 is 19.8 Å². The summed E-state index contributed by atoms with van der Waals surface area (Å²) in [6.45, 7) is 0.0695. The van der Waals surface area contributed by atoms with Crippen LogP contribution in [0.2, 0.25) is 0 Å². The van der Waals surface area contributed by atoms with Crippen molar-refractivity contribution in [1.29, 1.82) is 0 Å². The number of ether oxygens (including phenoxy) is 1. The second kappa shape index (κ2) is 7.21. The van der Waals surface area contributed by atoms with Crippen molar-refractivity contribution in [3.8, 4) is 5.75 Å². The van der Waals surface area contributed by atoms with E-state index in [1.807, 2.05) is 0 Å². The Bertz CT molecular complexity index is 931. The maximum atomic E-state index is 12.8. The van der Waals surface area contributed by atoms with Gasteiger partial charge in [-0.2, -0.15) is 0 Å². The summed E-state index contributed by atoms with van der Waals surface area (Å²) in [4.78, 5) is 31.3. The minimum atomic E-state index is -4.88. The van der Waals surface area contributed by atoms with E-state index in [2.05, 4.69) is 31.9 Å². The highest BCUT2D eigenvalue weighted by Gasteiger charge is 2.39. The summed E-state index contributed by atoms with van der Waals surface area (Å²) in [6, 6.07) is 4.20. The molecule has 0 saturated carbocycles. The van der Waals surface area contributed by atoms with Gasteiger partial charge in [-0.15, -0.1) is 18.3 Å². The van der Waals surface area contributed by atoms with Gasteiger partial charge in [-0.05, 0) is 44.9 Å². The number of fused-ring (bicyclic) bond motifs is 3. The molecule has 0 aliphatic carbocycles. The highest BCUT2D eigenvalue weighted by molar-refractivity contribution is 6.05. The second-order valence-corrected chi connectivity index (χ2v) is 7.34. The van der Waals surface area contributed by atoms with E-state index in [0.29, 0.717) is 16.9 Å². The van der Waals surface area contributed by atoms with E-state index < -0.39 is 18.0 Å². The van der Waals surface area contributed by atoms with Crippen molar-refractivity contribution < 1.29 is 32.3 Å². The summed E-state index contributed by atoms with van der Waals surface area (Å²) in [5.74, 6) is -0.985. The van der Waals surface area contributed by atoms with Crippen LogP contribution < -0.4 is 14.9 Å². The largest absolute Gasteiger partial charge is 0.573 e. The lowest BCUT2D eigenvalue weighted by Gasteiger charge is -2.36. The van der Waals surface area contributed by atoms with E-state index in [-0.39, 0.29) is 29.1 Å². The zero-order valence-corrected chi connectivity index (χ0v) is 15.5. The fourth-order valence-electron chi connectivity index (χ4n) is 4.34. The van der Waals surface area contributed by atoms with Crippen LogP contribution in [0, 0.1) is 0 Å². The van der Waals surface area contributed by atoms with Crippen LogP contribution in [0.25, 0.3) is 10.9 Å². The first kappa shape index (κ1) is 19.5. The first-order valence-corrected chi connectivity index (χ1v) is 9.17. The van der Waals surface area contributed by atoms with Crippen LogP contribution in [0.3, 0.4) is 0 Å². The summed E-state index contributed by atoms with van der Waals surface area (Å²) in [7, 11) is 2.09. The van der Waals surface area contributed by atoms with Gasteiger partial charge in [-0.25, -0.2) is 0 Å². The first-order valence-electron chi connectivity index (χ1n) is 9.17. The van der Waals surface area contributed by atoms with Crippen LogP contribution in [0.1, 0.15) is 36.2 Å². The molecular weight excluding hydrogens is 393 g/mol. The van der Waals surface area contributed by atoms with Crippen molar-refractivity contribution in [2.45, 2.75) is 50.2 Å². The molecule has 2 unspecified atom stereocenters. The van der Waals surface area contributed by atoms with Crippen LogP contribution in [0.4, 0.5) is 13.2 Å². The maximum absolute atomic E-state index is 12.8. The molecule has 0 spiro atoms. The van der Waals surface area contributed by atoms with Crippen molar-refractivity contribution >= 4 is 23.3 Å². The van der Waals surface area contributed by atoms with Crippen molar-refractivity contribution in [2.75, 3.05) is 7.05 Å². The molecule has 2 saturated heterocycles. The number of carbonyl (C=O) groups is 2. The van der Waals surface area contributed by atoms with Gasteiger partial charge in [0.05, 0.1) is 0 Å². The number of halogens is 3. The molecule has 29 heavy (non-hydrogen) atoms. The van der Waals surface area contributed by atoms with E-state index in [1.54, 1.807) is 0 Å². The van der Waals surface area contributed by atoms with Crippen LogP contribution in [0.15, 0.2) is 18.2 Å². The number of nitrogens with one attached hydrogen (secondary N) is 1. The molecule has 1 N–H and O–H groups in total. The third-order valence-corrected chi connectivity index (χ3v) is 5.65. The number of hydrogen-bond acceptors (Lipinski definition) is 6. The maximum Gasteiger partial charge on any atom is 0.573 e. The van der Waals surface area contributed by atoms with Gasteiger partial charge in [0.1, 0.15) is 11.3 Å². The molecule has 2 aliphatic heterocycles. The average Bonchev–Trinajstić information content (AvgIpc) is 3.07. The Morgan fingerprint density at radius 1 is 1.28 bits per heavy atom. The number of hydrogen-bond donors (Lipinski definition) is 1. The molecule has 0 radical (unpaired) electrons. The summed E-state index contributed by atoms with van der Waals surface area (Å²) in [6.07, 6.45) is -1.03. The van der Waals surface area contributed by atoms with Crippen LogP contribution in [0.5, 0.6) is 5.75 Å². The van der Waals surface area contributed by atoms with Gasteiger partial charge in [-0.1, -0.05) is 4.85 Å². The third kappa shape index (κ3) is 3.86. The smallest absolute Gasteiger partial charge is 0.406 e. The molecule has 2 atom stereocenters.